The SMILES string of the molecule is CN(C(=O)c1ccc(Br)c(Cl)c1)C1COCC1C(=O)O. The van der Waals surface area contributed by atoms with Crippen LogP contribution >= 0.6 is 27.5 Å². The fourth-order valence-electron chi connectivity index (χ4n) is 2.14. The Bertz CT molecular complexity index is 551. The van der Waals surface area contributed by atoms with Crippen LogP contribution in [0.4, 0.5) is 0 Å². The minimum atomic E-state index is -0.957. The van der Waals surface area contributed by atoms with Crippen molar-refractivity contribution < 1.29 is 19.4 Å². The molecule has 0 spiro atoms. The molecule has 1 fully saturated rings. The lowest BCUT2D eigenvalue weighted by Gasteiger charge is -2.26. The standard InChI is InChI=1S/C13H13BrClNO4/c1-16(11-6-20-5-8(11)13(18)19)12(17)7-2-3-9(14)10(15)4-7/h2-4,8,11H,5-6H2,1H3,(H,18,19). The van der Waals surface area contributed by atoms with Crippen LogP contribution in [0.3, 0.4) is 0 Å². The average molecular weight is 363 g/mol. The van der Waals surface area contributed by atoms with Crippen molar-refractivity contribution in [3.63, 3.8) is 0 Å². The number of carboxylic acids is 1. The van der Waals surface area contributed by atoms with Gasteiger partial charge in [-0.25, -0.2) is 0 Å². The number of aliphatic carboxylic acids is 1. The number of carbonyl (C=O) groups is 2. The van der Waals surface area contributed by atoms with Crippen LogP contribution in [0.2, 0.25) is 5.02 Å². The van der Waals surface area contributed by atoms with Crippen molar-refractivity contribution in [3.05, 3.63) is 33.3 Å². The third kappa shape index (κ3) is 2.97. The van der Waals surface area contributed by atoms with E-state index in [0.29, 0.717) is 15.1 Å². The van der Waals surface area contributed by atoms with Crippen LogP contribution in [0, 0.1) is 5.92 Å². The minimum Gasteiger partial charge on any atom is -0.481 e. The number of rotatable bonds is 3. The molecule has 0 saturated carbocycles. The molecule has 1 aromatic carbocycles. The van der Waals surface area contributed by atoms with E-state index in [0.717, 1.165) is 0 Å². The normalized spacial score (nSPS) is 21.8. The van der Waals surface area contributed by atoms with Crippen LogP contribution in [0.15, 0.2) is 22.7 Å². The molecule has 2 unspecified atom stereocenters. The van der Waals surface area contributed by atoms with Gasteiger partial charge in [-0.1, -0.05) is 11.6 Å². The van der Waals surface area contributed by atoms with E-state index in [2.05, 4.69) is 15.9 Å². The van der Waals surface area contributed by atoms with Crippen LogP contribution in [0.1, 0.15) is 10.4 Å². The van der Waals surface area contributed by atoms with E-state index in [-0.39, 0.29) is 19.1 Å². The van der Waals surface area contributed by atoms with E-state index in [4.69, 9.17) is 21.4 Å². The molecule has 5 nitrogen and oxygen atoms in total. The summed E-state index contributed by atoms with van der Waals surface area (Å²) in [6.07, 6.45) is 0. The summed E-state index contributed by atoms with van der Waals surface area (Å²) in [7, 11) is 1.58. The lowest BCUT2D eigenvalue weighted by molar-refractivity contribution is -0.142. The molecule has 1 aliphatic heterocycles. The molecule has 0 aliphatic carbocycles. The number of ether oxygens (including phenoxy) is 1. The maximum Gasteiger partial charge on any atom is 0.311 e. The average Bonchev–Trinajstić information content (AvgIpc) is 2.89. The second kappa shape index (κ2) is 6.11. The van der Waals surface area contributed by atoms with E-state index >= 15 is 0 Å². The smallest absolute Gasteiger partial charge is 0.311 e. The van der Waals surface area contributed by atoms with Crippen LogP contribution in [0.25, 0.3) is 0 Å². The first kappa shape index (κ1) is 15.3. The molecule has 20 heavy (non-hydrogen) atoms. The lowest BCUT2D eigenvalue weighted by Crippen LogP contribution is -2.44. The molecule has 2 rings (SSSR count). The predicted octanol–water partition coefficient (Wildman–Crippen LogP) is 2.27. The van der Waals surface area contributed by atoms with Crippen molar-refractivity contribution in [2.45, 2.75) is 6.04 Å². The number of likely N-dealkylation sites (N-methyl/N-ethyl adjacent to an activating group) is 1. The Morgan fingerprint density at radius 1 is 1.45 bits per heavy atom. The van der Waals surface area contributed by atoms with Gasteiger partial charge in [-0.3, -0.25) is 9.59 Å². The minimum absolute atomic E-state index is 0.124. The molecular formula is C13H13BrClNO4. The molecule has 1 heterocycles. The first-order chi connectivity index (χ1) is 9.41. The van der Waals surface area contributed by atoms with Gasteiger partial charge >= 0.3 is 5.97 Å². The highest BCUT2D eigenvalue weighted by Crippen LogP contribution is 2.25. The van der Waals surface area contributed by atoms with Gasteiger partial charge in [-0.15, -0.1) is 0 Å². The molecule has 1 N–H and O–H groups in total. The highest BCUT2D eigenvalue weighted by atomic mass is 79.9. The van der Waals surface area contributed by atoms with Gasteiger partial charge in [0.15, 0.2) is 0 Å². The van der Waals surface area contributed by atoms with Gasteiger partial charge in [0.25, 0.3) is 5.91 Å². The second-order valence-electron chi connectivity index (χ2n) is 4.59. The van der Waals surface area contributed by atoms with E-state index < -0.39 is 17.9 Å². The Balaban J connectivity index is 2.19. The van der Waals surface area contributed by atoms with Crippen molar-refractivity contribution in [1.29, 1.82) is 0 Å². The maximum atomic E-state index is 12.4. The summed E-state index contributed by atoms with van der Waals surface area (Å²) >= 11 is 9.22. The second-order valence-corrected chi connectivity index (χ2v) is 5.86. The zero-order valence-electron chi connectivity index (χ0n) is 10.7. The molecule has 1 amide bonds. The number of carbonyl (C=O) groups excluding carboxylic acids is 1. The molecule has 0 bridgehead atoms. The molecule has 0 radical (unpaired) electrons. The summed E-state index contributed by atoms with van der Waals surface area (Å²) in [6.45, 7) is 0.349. The van der Waals surface area contributed by atoms with Gasteiger partial charge in [0, 0.05) is 17.1 Å². The molecule has 1 saturated heterocycles. The quantitative estimate of drug-likeness (QED) is 0.896. The molecule has 1 aliphatic rings. The van der Waals surface area contributed by atoms with Gasteiger partial charge in [0.1, 0.15) is 5.92 Å². The van der Waals surface area contributed by atoms with E-state index in [9.17, 15) is 9.59 Å². The summed E-state index contributed by atoms with van der Waals surface area (Å²) in [4.78, 5) is 24.9. The summed E-state index contributed by atoms with van der Waals surface area (Å²) < 4.78 is 5.87. The fraction of sp³-hybridized carbons (Fsp3) is 0.385. The van der Waals surface area contributed by atoms with Crippen LogP contribution < -0.4 is 0 Å². The molecule has 7 heteroatoms. The number of halogens is 2. The summed E-state index contributed by atoms with van der Waals surface area (Å²) in [6, 6.07) is 4.40. The number of hydrogen-bond acceptors (Lipinski definition) is 3. The fourth-order valence-corrected chi connectivity index (χ4v) is 2.57. The molecule has 108 valence electrons. The van der Waals surface area contributed by atoms with Gasteiger partial charge < -0.3 is 14.7 Å². The molecule has 0 aromatic heterocycles. The van der Waals surface area contributed by atoms with Gasteiger partial charge in [-0.05, 0) is 34.1 Å². The topological polar surface area (TPSA) is 66.8 Å². The summed E-state index contributed by atoms with van der Waals surface area (Å²) in [5.74, 6) is -1.93. The zero-order valence-corrected chi connectivity index (χ0v) is 13.0. The van der Waals surface area contributed by atoms with Crippen molar-refractivity contribution in [2.75, 3.05) is 20.3 Å². The van der Waals surface area contributed by atoms with Crippen molar-refractivity contribution >= 4 is 39.4 Å². The van der Waals surface area contributed by atoms with Crippen LogP contribution in [-0.4, -0.2) is 48.2 Å². The van der Waals surface area contributed by atoms with Crippen molar-refractivity contribution in [3.8, 4) is 0 Å². The third-order valence-electron chi connectivity index (χ3n) is 3.35. The first-order valence-corrected chi connectivity index (χ1v) is 7.11. The number of benzene rings is 1. The number of nitrogens with zero attached hydrogens (tertiary/aromatic N) is 1. The zero-order chi connectivity index (χ0) is 14.9. The highest BCUT2D eigenvalue weighted by Gasteiger charge is 2.38. The Hall–Kier alpha value is -1.11. The predicted molar refractivity (Wildman–Crippen MR) is 77.0 cm³/mol. The Morgan fingerprint density at radius 3 is 2.75 bits per heavy atom. The Morgan fingerprint density at radius 2 is 2.15 bits per heavy atom. The number of carboxylic acid groups (broad SMARTS) is 1. The number of hydrogen-bond donors (Lipinski definition) is 1. The first-order valence-electron chi connectivity index (χ1n) is 5.94. The van der Waals surface area contributed by atoms with Gasteiger partial charge in [-0.2, -0.15) is 0 Å². The van der Waals surface area contributed by atoms with Crippen LogP contribution in [0.5, 0.6) is 0 Å². The molecule has 2 atom stereocenters. The monoisotopic (exact) mass is 361 g/mol. The summed E-state index contributed by atoms with van der Waals surface area (Å²) in [5, 5.41) is 9.55. The van der Waals surface area contributed by atoms with E-state index in [1.165, 1.54) is 4.90 Å². The van der Waals surface area contributed by atoms with Crippen molar-refractivity contribution in [1.82, 2.24) is 4.90 Å². The van der Waals surface area contributed by atoms with Gasteiger partial charge in [0.2, 0.25) is 0 Å². The van der Waals surface area contributed by atoms with Gasteiger partial charge in [0.05, 0.1) is 24.3 Å². The van der Waals surface area contributed by atoms with E-state index in [1.54, 1.807) is 25.2 Å². The molecule has 1 aromatic rings. The third-order valence-corrected chi connectivity index (χ3v) is 4.58. The summed E-state index contributed by atoms with van der Waals surface area (Å²) in [5.41, 5.74) is 0.414. The maximum absolute atomic E-state index is 12.4. The Kier molecular flexibility index (Phi) is 4.67. The molecular weight excluding hydrogens is 350 g/mol. The Labute approximate surface area is 129 Å². The van der Waals surface area contributed by atoms with Crippen molar-refractivity contribution in [2.24, 2.45) is 5.92 Å². The number of amides is 1. The van der Waals surface area contributed by atoms with E-state index in [1.807, 2.05) is 0 Å². The van der Waals surface area contributed by atoms with Crippen LogP contribution in [-0.2, 0) is 9.53 Å². The largest absolute Gasteiger partial charge is 0.481 e. The lowest BCUT2D eigenvalue weighted by atomic mass is 10.0. The highest BCUT2D eigenvalue weighted by molar-refractivity contribution is 9.10.